The lowest BCUT2D eigenvalue weighted by Gasteiger charge is -2.23. The van der Waals surface area contributed by atoms with Crippen LogP contribution in [0.15, 0.2) is 35.1 Å². The van der Waals surface area contributed by atoms with Gasteiger partial charge in [-0.2, -0.15) is 0 Å². The Bertz CT molecular complexity index is 793. The van der Waals surface area contributed by atoms with Crippen molar-refractivity contribution in [2.45, 2.75) is 32.7 Å². The molecule has 5 nitrogen and oxygen atoms in total. The van der Waals surface area contributed by atoms with Crippen LogP contribution in [0, 0.1) is 0 Å². The lowest BCUT2D eigenvalue weighted by molar-refractivity contribution is 0.0519. The summed E-state index contributed by atoms with van der Waals surface area (Å²) in [5.74, 6) is -0.847. The number of rotatable bonds is 3. The van der Waals surface area contributed by atoms with Crippen molar-refractivity contribution >= 4 is 5.97 Å². The molecule has 0 spiro atoms. The highest BCUT2D eigenvalue weighted by Gasteiger charge is 2.28. The van der Waals surface area contributed by atoms with E-state index in [0.29, 0.717) is 24.2 Å². The van der Waals surface area contributed by atoms with Gasteiger partial charge >= 0.3 is 5.97 Å². The Morgan fingerprint density at radius 3 is 2.70 bits per heavy atom. The van der Waals surface area contributed by atoms with Crippen molar-refractivity contribution in [3.05, 3.63) is 51.9 Å². The van der Waals surface area contributed by atoms with Crippen molar-refractivity contribution in [1.82, 2.24) is 4.57 Å². The third-order valence-electron chi connectivity index (χ3n) is 4.13. The first kappa shape index (κ1) is 15.3. The number of hydrogen-bond acceptors (Lipinski definition) is 4. The number of aromatic nitrogens is 1. The van der Waals surface area contributed by atoms with Gasteiger partial charge in [0.25, 0.3) is 5.56 Å². The molecule has 23 heavy (non-hydrogen) atoms. The maximum absolute atomic E-state index is 12.8. The molecular weight excluding hydrogens is 294 g/mol. The van der Waals surface area contributed by atoms with Gasteiger partial charge in [0.05, 0.1) is 12.2 Å². The second-order valence-electron chi connectivity index (χ2n) is 5.55. The molecule has 1 aliphatic heterocycles. The lowest BCUT2D eigenvalue weighted by Crippen LogP contribution is -2.31. The number of benzene rings is 1. The van der Waals surface area contributed by atoms with E-state index in [2.05, 4.69) is 0 Å². The Balaban J connectivity index is 2.31. The first-order valence-electron chi connectivity index (χ1n) is 7.86. The van der Waals surface area contributed by atoms with E-state index < -0.39 is 5.97 Å². The van der Waals surface area contributed by atoms with E-state index in [1.807, 2.05) is 6.07 Å². The summed E-state index contributed by atoms with van der Waals surface area (Å²) in [6, 6.07) is 8.93. The number of hydrogen-bond donors (Lipinski definition) is 1. The zero-order valence-electron chi connectivity index (χ0n) is 13.0. The molecule has 120 valence electrons. The minimum absolute atomic E-state index is 0.130. The zero-order valence-corrected chi connectivity index (χ0v) is 13.0. The molecule has 0 amide bonds. The van der Waals surface area contributed by atoms with Gasteiger partial charge in [-0.15, -0.1) is 0 Å². The highest BCUT2D eigenvalue weighted by Crippen LogP contribution is 2.33. The van der Waals surface area contributed by atoms with E-state index in [4.69, 9.17) is 4.74 Å². The van der Waals surface area contributed by atoms with Crippen LogP contribution in [-0.2, 0) is 17.7 Å². The fraction of sp³-hybridized carbons (Fsp3) is 0.333. The maximum atomic E-state index is 12.8. The summed E-state index contributed by atoms with van der Waals surface area (Å²) in [5.41, 5.74) is 1.22. The first-order chi connectivity index (χ1) is 11.1. The maximum Gasteiger partial charge on any atom is 0.343 e. The van der Waals surface area contributed by atoms with Gasteiger partial charge in [-0.3, -0.25) is 4.79 Å². The molecular formula is C18H19NO4. The summed E-state index contributed by atoms with van der Waals surface area (Å²) in [6.45, 7) is 2.49. The van der Waals surface area contributed by atoms with Crippen LogP contribution < -0.4 is 5.56 Å². The van der Waals surface area contributed by atoms with E-state index in [1.165, 1.54) is 0 Å². The van der Waals surface area contributed by atoms with Crippen LogP contribution in [0.3, 0.4) is 0 Å². The molecule has 0 unspecified atom stereocenters. The smallest absolute Gasteiger partial charge is 0.343 e. The Morgan fingerprint density at radius 1 is 1.26 bits per heavy atom. The average molecular weight is 313 g/mol. The van der Waals surface area contributed by atoms with Crippen molar-refractivity contribution in [3.63, 3.8) is 0 Å². The van der Waals surface area contributed by atoms with Crippen molar-refractivity contribution in [2.24, 2.45) is 0 Å². The largest absolute Gasteiger partial charge is 0.506 e. The molecule has 0 atom stereocenters. The van der Waals surface area contributed by atoms with Crippen LogP contribution >= 0.6 is 0 Å². The molecule has 2 heterocycles. The predicted molar refractivity (Wildman–Crippen MR) is 86.7 cm³/mol. The van der Waals surface area contributed by atoms with Crippen molar-refractivity contribution in [1.29, 1.82) is 0 Å². The number of fused-ring (bicyclic) bond motifs is 1. The number of pyridine rings is 1. The minimum Gasteiger partial charge on any atom is -0.506 e. The molecule has 1 N–H and O–H groups in total. The molecule has 1 aliphatic rings. The molecule has 0 radical (unpaired) electrons. The molecule has 0 aliphatic carbocycles. The Labute approximate surface area is 134 Å². The fourth-order valence-electron chi connectivity index (χ4n) is 3.10. The average Bonchev–Trinajstić information content (AvgIpc) is 2.56. The van der Waals surface area contributed by atoms with Crippen LogP contribution in [0.1, 0.15) is 35.8 Å². The SMILES string of the molecule is CCOC(=O)c1c(O)c(-c2ccccc2)c(=O)n2c1CCCC2. The second kappa shape index (κ2) is 6.28. The number of carbonyl (C=O) groups is 1. The van der Waals surface area contributed by atoms with Crippen LogP contribution in [-0.4, -0.2) is 22.2 Å². The van der Waals surface area contributed by atoms with E-state index in [1.54, 1.807) is 35.8 Å². The van der Waals surface area contributed by atoms with Gasteiger partial charge in [0.15, 0.2) is 0 Å². The lowest BCUT2D eigenvalue weighted by atomic mass is 9.97. The Hall–Kier alpha value is -2.56. The summed E-state index contributed by atoms with van der Waals surface area (Å²) in [7, 11) is 0. The summed E-state index contributed by atoms with van der Waals surface area (Å²) < 4.78 is 6.70. The summed E-state index contributed by atoms with van der Waals surface area (Å²) >= 11 is 0. The van der Waals surface area contributed by atoms with Gasteiger partial charge in [0.2, 0.25) is 0 Å². The third-order valence-corrected chi connectivity index (χ3v) is 4.13. The van der Waals surface area contributed by atoms with Gasteiger partial charge in [0.1, 0.15) is 11.3 Å². The van der Waals surface area contributed by atoms with Crippen LogP contribution in [0.25, 0.3) is 11.1 Å². The zero-order chi connectivity index (χ0) is 16.4. The molecule has 0 saturated carbocycles. The molecule has 0 bridgehead atoms. The summed E-state index contributed by atoms with van der Waals surface area (Å²) in [6.07, 6.45) is 2.36. The number of nitrogens with zero attached hydrogens (tertiary/aromatic N) is 1. The van der Waals surface area contributed by atoms with Gasteiger partial charge in [-0.1, -0.05) is 30.3 Å². The van der Waals surface area contributed by atoms with Crippen LogP contribution in [0.4, 0.5) is 0 Å². The third kappa shape index (κ3) is 2.63. The normalized spacial score (nSPS) is 13.4. The predicted octanol–water partition coefficient (Wildman–Crippen LogP) is 2.73. The quantitative estimate of drug-likeness (QED) is 0.885. The first-order valence-corrected chi connectivity index (χ1v) is 7.86. The molecule has 2 aromatic rings. The second-order valence-corrected chi connectivity index (χ2v) is 5.55. The number of carbonyl (C=O) groups excluding carboxylic acids is 1. The standard InChI is InChI=1S/C18H19NO4/c1-2-23-18(22)15-13-10-6-7-11-19(13)17(21)14(16(15)20)12-8-4-3-5-9-12/h3-5,8-9,20H,2,6-7,10-11H2,1H3. The van der Waals surface area contributed by atoms with Crippen LogP contribution in [0.5, 0.6) is 5.75 Å². The van der Waals surface area contributed by atoms with Gasteiger partial charge in [0, 0.05) is 12.2 Å². The fourth-order valence-corrected chi connectivity index (χ4v) is 3.10. The minimum atomic E-state index is -0.576. The molecule has 0 fully saturated rings. The van der Waals surface area contributed by atoms with Gasteiger partial charge in [-0.05, 0) is 31.7 Å². The number of ether oxygens (including phenoxy) is 1. The van der Waals surface area contributed by atoms with E-state index in [0.717, 1.165) is 12.8 Å². The number of aromatic hydroxyl groups is 1. The van der Waals surface area contributed by atoms with E-state index in [9.17, 15) is 14.7 Å². The monoisotopic (exact) mass is 313 g/mol. The van der Waals surface area contributed by atoms with Crippen molar-refractivity contribution in [3.8, 4) is 16.9 Å². The molecule has 1 aromatic carbocycles. The van der Waals surface area contributed by atoms with Gasteiger partial charge < -0.3 is 14.4 Å². The highest BCUT2D eigenvalue weighted by molar-refractivity contribution is 5.96. The highest BCUT2D eigenvalue weighted by atomic mass is 16.5. The summed E-state index contributed by atoms with van der Waals surface area (Å²) in [4.78, 5) is 25.2. The topological polar surface area (TPSA) is 68.5 Å². The van der Waals surface area contributed by atoms with E-state index in [-0.39, 0.29) is 29.0 Å². The molecule has 0 saturated heterocycles. The van der Waals surface area contributed by atoms with Crippen molar-refractivity contribution in [2.75, 3.05) is 6.61 Å². The molecule has 5 heteroatoms. The van der Waals surface area contributed by atoms with Crippen LogP contribution in [0.2, 0.25) is 0 Å². The Morgan fingerprint density at radius 2 is 2.00 bits per heavy atom. The number of esters is 1. The molecule has 1 aromatic heterocycles. The van der Waals surface area contributed by atoms with Gasteiger partial charge in [-0.25, -0.2) is 4.79 Å². The molecule has 3 rings (SSSR count). The Kier molecular flexibility index (Phi) is 4.19. The summed E-state index contributed by atoms with van der Waals surface area (Å²) in [5, 5.41) is 10.7. The van der Waals surface area contributed by atoms with E-state index >= 15 is 0 Å². The van der Waals surface area contributed by atoms with Crippen molar-refractivity contribution < 1.29 is 14.6 Å².